The number of rotatable bonds is 4. The van der Waals surface area contributed by atoms with Crippen molar-refractivity contribution in [2.24, 2.45) is 5.92 Å². The van der Waals surface area contributed by atoms with Crippen LogP contribution < -0.4 is 0 Å². The molecule has 0 unspecified atom stereocenters. The van der Waals surface area contributed by atoms with Crippen LogP contribution in [0.3, 0.4) is 0 Å². The second-order valence-electron chi connectivity index (χ2n) is 7.98. The maximum Gasteiger partial charge on any atom is 0.255 e. The van der Waals surface area contributed by atoms with Gasteiger partial charge in [0.1, 0.15) is 0 Å². The van der Waals surface area contributed by atoms with Gasteiger partial charge in [0.15, 0.2) is 0 Å². The standard InChI is InChI=1S/C20H31N3O2/c1-4-16-12-22(13-19(16)21-7-9-25-10-8-21)20(24)18-11-14(2)23(15(18)3)17-5-6-17/h11,16-17,19H,4-10,12-13H2,1-3H3/t16-,19-/m1/s1. The minimum atomic E-state index is 0.231. The maximum absolute atomic E-state index is 13.2. The van der Waals surface area contributed by atoms with Crippen LogP contribution in [0.25, 0.3) is 0 Å². The van der Waals surface area contributed by atoms with E-state index >= 15 is 0 Å². The lowest BCUT2D eigenvalue weighted by atomic mass is 9.99. The summed E-state index contributed by atoms with van der Waals surface area (Å²) in [6.45, 7) is 11.9. The zero-order valence-electron chi connectivity index (χ0n) is 15.8. The Kier molecular flexibility index (Phi) is 4.63. The highest BCUT2D eigenvalue weighted by molar-refractivity contribution is 5.96. The van der Waals surface area contributed by atoms with E-state index in [0.29, 0.717) is 18.0 Å². The molecule has 1 aromatic rings. The fourth-order valence-corrected chi connectivity index (χ4v) is 4.80. The molecule has 2 saturated heterocycles. The summed E-state index contributed by atoms with van der Waals surface area (Å²) >= 11 is 0. The van der Waals surface area contributed by atoms with Crippen molar-refractivity contribution >= 4 is 5.91 Å². The van der Waals surface area contributed by atoms with E-state index in [1.807, 2.05) is 0 Å². The summed E-state index contributed by atoms with van der Waals surface area (Å²) < 4.78 is 7.88. The number of ether oxygens (including phenoxy) is 1. The van der Waals surface area contributed by atoms with E-state index in [9.17, 15) is 4.79 Å². The van der Waals surface area contributed by atoms with E-state index in [2.05, 4.69) is 41.2 Å². The molecule has 0 bridgehead atoms. The molecule has 25 heavy (non-hydrogen) atoms. The summed E-state index contributed by atoms with van der Waals surface area (Å²) in [6.07, 6.45) is 3.64. The lowest BCUT2D eigenvalue weighted by Crippen LogP contribution is -2.47. The Balaban J connectivity index is 1.52. The van der Waals surface area contributed by atoms with Crippen LogP contribution in [0.1, 0.15) is 54.0 Å². The zero-order valence-corrected chi connectivity index (χ0v) is 15.8. The average Bonchev–Trinajstić information content (AvgIpc) is 3.28. The number of carbonyl (C=O) groups excluding carboxylic acids is 1. The van der Waals surface area contributed by atoms with Crippen molar-refractivity contribution in [1.82, 2.24) is 14.4 Å². The fourth-order valence-electron chi connectivity index (χ4n) is 4.80. The van der Waals surface area contributed by atoms with Crippen molar-refractivity contribution in [2.75, 3.05) is 39.4 Å². The first-order valence-corrected chi connectivity index (χ1v) is 9.89. The van der Waals surface area contributed by atoms with Crippen LogP contribution in [0.5, 0.6) is 0 Å². The number of aryl methyl sites for hydroxylation is 1. The second kappa shape index (κ2) is 6.76. The van der Waals surface area contributed by atoms with Crippen LogP contribution in [-0.2, 0) is 4.74 Å². The summed E-state index contributed by atoms with van der Waals surface area (Å²) in [6, 6.07) is 3.23. The smallest absolute Gasteiger partial charge is 0.255 e. The molecule has 138 valence electrons. The Morgan fingerprint density at radius 2 is 1.92 bits per heavy atom. The van der Waals surface area contributed by atoms with Gasteiger partial charge in [-0.2, -0.15) is 0 Å². The van der Waals surface area contributed by atoms with E-state index in [-0.39, 0.29) is 5.91 Å². The Morgan fingerprint density at radius 1 is 1.20 bits per heavy atom. The molecule has 5 heteroatoms. The first-order valence-electron chi connectivity index (χ1n) is 9.89. The largest absolute Gasteiger partial charge is 0.379 e. The molecule has 3 aliphatic rings. The number of aromatic nitrogens is 1. The third-order valence-electron chi connectivity index (χ3n) is 6.36. The zero-order chi connectivity index (χ0) is 17.6. The molecule has 2 atom stereocenters. The number of likely N-dealkylation sites (tertiary alicyclic amines) is 1. The Labute approximate surface area is 150 Å². The highest BCUT2D eigenvalue weighted by Crippen LogP contribution is 2.39. The van der Waals surface area contributed by atoms with Crippen molar-refractivity contribution in [3.05, 3.63) is 23.0 Å². The van der Waals surface area contributed by atoms with Gasteiger partial charge in [0.05, 0.1) is 18.8 Å². The molecule has 3 fully saturated rings. The number of carbonyl (C=O) groups is 1. The Hall–Kier alpha value is -1.33. The SMILES string of the molecule is CC[C@@H]1CN(C(=O)c2cc(C)n(C3CC3)c2C)C[C@H]1N1CCOCC1. The van der Waals surface area contributed by atoms with Gasteiger partial charge in [0.25, 0.3) is 5.91 Å². The minimum Gasteiger partial charge on any atom is -0.379 e. The number of nitrogens with zero attached hydrogens (tertiary/aromatic N) is 3. The van der Waals surface area contributed by atoms with Gasteiger partial charge in [-0.15, -0.1) is 0 Å². The molecule has 1 aliphatic carbocycles. The molecule has 2 aliphatic heterocycles. The summed E-state index contributed by atoms with van der Waals surface area (Å²) in [5, 5.41) is 0. The molecule has 0 aromatic carbocycles. The lowest BCUT2D eigenvalue weighted by molar-refractivity contribution is 0.0103. The molecule has 1 aromatic heterocycles. The van der Waals surface area contributed by atoms with Crippen LogP contribution in [0.2, 0.25) is 0 Å². The monoisotopic (exact) mass is 345 g/mol. The summed E-state index contributed by atoms with van der Waals surface area (Å²) in [5.74, 6) is 0.809. The summed E-state index contributed by atoms with van der Waals surface area (Å²) in [7, 11) is 0. The van der Waals surface area contributed by atoms with Crippen LogP contribution in [-0.4, -0.2) is 65.7 Å². The molecule has 1 amide bonds. The average molecular weight is 345 g/mol. The predicted molar refractivity (Wildman–Crippen MR) is 98.0 cm³/mol. The molecule has 0 N–H and O–H groups in total. The highest BCUT2D eigenvalue weighted by Gasteiger charge is 2.39. The molecular weight excluding hydrogens is 314 g/mol. The second-order valence-corrected chi connectivity index (χ2v) is 7.98. The van der Waals surface area contributed by atoms with Gasteiger partial charge in [0.2, 0.25) is 0 Å². The van der Waals surface area contributed by atoms with Crippen LogP contribution >= 0.6 is 0 Å². The van der Waals surface area contributed by atoms with Crippen LogP contribution in [0.4, 0.5) is 0 Å². The third kappa shape index (κ3) is 3.13. The van der Waals surface area contributed by atoms with Crippen molar-refractivity contribution in [3.63, 3.8) is 0 Å². The van der Waals surface area contributed by atoms with E-state index in [0.717, 1.165) is 57.1 Å². The van der Waals surface area contributed by atoms with E-state index < -0.39 is 0 Å². The van der Waals surface area contributed by atoms with Gasteiger partial charge in [-0.25, -0.2) is 0 Å². The predicted octanol–water partition coefficient (Wildman–Crippen LogP) is 2.62. The number of morpholine rings is 1. The Bertz CT molecular complexity index is 644. The van der Waals surface area contributed by atoms with Gasteiger partial charge in [-0.3, -0.25) is 9.69 Å². The first-order chi connectivity index (χ1) is 12.1. The molecule has 0 spiro atoms. The summed E-state index contributed by atoms with van der Waals surface area (Å²) in [4.78, 5) is 17.9. The van der Waals surface area contributed by atoms with Gasteiger partial charge in [-0.05, 0) is 38.7 Å². The maximum atomic E-state index is 13.2. The van der Waals surface area contributed by atoms with Crippen molar-refractivity contribution in [1.29, 1.82) is 0 Å². The van der Waals surface area contributed by atoms with E-state index in [1.165, 1.54) is 18.5 Å². The van der Waals surface area contributed by atoms with E-state index in [1.54, 1.807) is 0 Å². The topological polar surface area (TPSA) is 37.7 Å². The molecule has 1 saturated carbocycles. The number of hydrogen-bond acceptors (Lipinski definition) is 3. The van der Waals surface area contributed by atoms with E-state index in [4.69, 9.17) is 4.74 Å². The van der Waals surface area contributed by atoms with Crippen LogP contribution in [0.15, 0.2) is 6.07 Å². The third-order valence-corrected chi connectivity index (χ3v) is 6.36. The van der Waals surface area contributed by atoms with Gasteiger partial charge in [0, 0.05) is 49.7 Å². The van der Waals surface area contributed by atoms with Crippen molar-refractivity contribution in [3.8, 4) is 0 Å². The van der Waals surface area contributed by atoms with Gasteiger partial charge >= 0.3 is 0 Å². The summed E-state index contributed by atoms with van der Waals surface area (Å²) in [5.41, 5.74) is 3.31. The number of amides is 1. The fraction of sp³-hybridized carbons (Fsp3) is 0.750. The quantitative estimate of drug-likeness (QED) is 0.842. The molecular formula is C20H31N3O2. The molecule has 3 heterocycles. The molecule has 0 radical (unpaired) electrons. The highest BCUT2D eigenvalue weighted by atomic mass is 16.5. The molecule has 4 rings (SSSR count). The number of hydrogen-bond donors (Lipinski definition) is 0. The first kappa shape index (κ1) is 17.1. The lowest BCUT2D eigenvalue weighted by Gasteiger charge is -2.34. The minimum absolute atomic E-state index is 0.231. The van der Waals surface area contributed by atoms with Gasteiger partial charge < -0.3 is 14.2 Å². The normalized spacial score (nSPS) is 27.9. The van der Waals surface area contributed by atoms with Gasteiger partial charge in [-0.1, -0.05) is 13.3 Å². The van der Waals surface area contributed by atoms with Crippen molar-refractivity contribution < 1.29 is 9.53 Å². The molecule has 5 nitrogen and oxygen atoms in total. The van der Waals surface area contributed by atoms with Crippen molar-refractivity contribution in [2.45, 2.75) is 52.1 Å². The van der Waals surface area contributed by atoms with Crippen LogP contribution in [0, 0.1) is 19.8 Å². The Morgan fingerprint density at radius 3 is 2.56 bits per heavy atom.